The highest BCUT2D eigenvalue weighted by molar-refractivity contribution is 7.47. The predicted octanol–water partition coefficient (Wildman–Crippen LogP) is 10.7. The maximum absolute atomic E-state index is 12.6. The fraction of sp³-hybridized carbons (Fsp3) is 0.875. The first-order chi connectivity index (χ1) is 24.3. The SMILES string of the molecule is CCCC/C=C\C/C=C\CCCCCCCCOCC(COP(=O)(O)OCC(O)CO)OC(=O)CCCCCCCCCCCCCCCC. The Morgan fingerprint density at radius 3 is 1.66 bits per heavy atom. The van der Waals surface area contributed by atoms with Gasteiger partial charge in [0.25, 0.3) is 0 Å². The molecular formula is C40H77O9P. The molecule has 50 heavy (non-hydrogen) atoms. The highest BCUT2D eigenvalue weighted by Gasteiger charge is 2.26. The Balaban J connectivity index is 4.21. The van der Waals surface area contributed by atoms with Gasteiger partial charge in [0.2, 0.25) is 0 Å². The normalized spacial score (nSPS) is 14.4. The summed E-state index contributed by atoms with van der Waals surface area (Å²) in [7, 11) is -4.51. The van der Waals surface area contributed by atoms with E-state index in [1.54, 1.807) is 0 Å². The lowest BCUT2D eigenvalue weighted by molar-refractivity contribution is -0.154. The number of phosphoric ester groups is 1. The van der Waals surface area contributed by atoms with Crippen molar-refractivity contribution < 1.29 is 43.0 Å². The molecule has 10 heteroatoms. The fourth-order valence-electron chi connectivity index (χ4n) is 5.49. The number of allylic oxidation sites excluding steroid dienone is 4. The standard InChI is InChI=1S/C40H77O9P/c1-3-5-7-9-11-13-15-17-19-21-23-25-27-29-31-33-46-36-39(37-48-50(44,45)47-35-38(42)34-41)49-40(43)32-30-28-26-24-22-20-18-16-14-12-10-8-6-4-2/h9,11,15,17,38-39,41-42H,3-8,10,12-14,16,18-37H2,1-2H3,(H,44,45)/b11-9-,17-15-. The summed E-state index contributed by atoms with van der Waals surface area (Å²) in [6.07, 6.45) is 37.0. The first kappa shape index (κ1) is 48.9. The highest BCUT2D eigenvalue weighted by Crippen LogP contribution is 2.43. The molecule has 0 amide bonds. The minimum atomic E-state index is -4.51. The maximum atomic E-state index is 12.6. The number of aliphatic hydroxyl groups excluding tert-OH is 2. The molecule has 296 valence electrons. The van der Waals surface area contributed by atoms with Crippen LogP contribution in [0.2, 0.25) is 0 Å². The minimum Gasteiger partial charge on any atom is -0.457 e. The van der Waals surface area contributed by atoms with Gasteiger partial charge in [0, 0.05) is 13.0 Å². The predicted molar refractivity (Wildman–Crippen MR) is 205 cm³/mol. The van der Waals surface area contributed by atoms with Gasteiger partial charge >= 0.3 is 13.8 Å². The van der Waals surface area contributed by atoms with Crippen LogP contribution in [0.4, 0.5) is 0 Å². The zero-order valence-corrected chi connectivity index (χ0v) is 33.0. The van der Waals surface area contributed by atoms with Gasteiger partial charge in [-0.25, -0.2) is 4.57 Å². The number of phosphoric acid groups is 1. The summed E-state index contributed by atoms with van der Waals surface area (Å²) in [5, 5.41) is 18.3. The molecule has 0 aliphatic rings. The van der Waals surface area contributed by atoms with E-state index < -0.39 is 33.2 Å². The molecule has 0 aromatic carbocycles. The summed E-state index contributed by atoms with van der Waals surface area (Å²) in [4.78, 5) is 22.5. The summed E-state index contributed by atoms with van der Waals surface area (Å²) < 4.78 is 33.3. The van der Waals surface area contributed by atoms with E-state index in [2.05, 4.69) is 38.2 Å². The van der Waals surface area contributed by atoms with Crippen molar-refractivity contribution in [1.29, 1.82) is 0 Å². The molecule has 0 aliphatic heterocycles. The van der Waals surface area contributed by atoms with Gasteiger partial charge in [0.05, 0.1) is 26.4 Å². The second-order valence-corrected chi connectivity index (χ2v) is 15.1. The van der Waals surface area contributed by atoms with Gasteiger partial charge in [-0.15, -0.1) is 0 Å². The molecule has 3 atom stereocenters. The molecule has 0 radical (unpaired) electrons. The maximum Gasteiger partial charge on any atom is 0.472 e. The average molecular weight is 733 g/mol. The molecule has 0 fully saturated rings. The average Bonchev–Trinajstić information content (AvgIpc) is 3.10. The van der Waals surface area contributed by atoms with Crippen LogP contribution in [0.15, 0.2) is 24.3 Å². The molecular weight excluding hydrogens is 655 g/mol. The lowest BCUT2D eigenvalue weighted by Gasteiger charge is -2.20. The molecule has 9 nitrogen and oxygen atoms in total. The smallest absolute Gasteiger partial charge is 0.457 e. The Kier molecular flexibility index (Phi) is 36.9. The largest absolute Gasteiger partial charge is 0.472 e. The molecule has 0 bridgehead atoms. The van der Waals surface area contributed by atoms with Crippen molar-refractivity contribution in [2.24, 2.45) is 0 Å². The van der Waals surface area contributed by atoms with Crippen molar-refractivity contribution in [1.82, 2.24) is 0 Å². The molecule has 0 saturated carbocycles. The van der Waals surface area contributed by atoms with E-state index in [1.165, 1.54) is 109 Å². The number of aliphatic hydroxyl groups is 2. The van der Waals surface area contributed by atoms with Crippen molar-refractivity contribution in [2.75, 3.05) is 33.0 Å². The van der Waals surface area contributed by atoms with Gasteiger partial charge in [-0.1, -0.05) is 160 Å². The fourth-order valence-corrected chi connectivity index (χ4v) is 6.28. The Labute approximate surface area is 306 Å². The Morgan fingerprint density at radius 1 is 0.620 bits per heavy atom. The van der Waals surface area contributed by atoms with Gasteiger partial charge in [0.1, 0.15) is 12.2 Å². The zero-order valence-electron chi connectivity index (χ0n) is 32.1. The Bertz CT molecular complexity index is 836. The molecule has 0 aliphatic carbocycles. The minimum absolute atomic E-state index is 0.0455. The van der Waals surface area contributed by atoms with E-state index >= 15 is 0 Å². The second-order valence-electron chi connectivity index (χ2n) is 13.7. The number of carbonyl (C=O) groups is 1. The first-order valence-corrected chi connectivity index (χ1v) is 21.8. The van der Waals surface area contributed by atoms with Crippen LogP contribution in [-0.2, 0) is 27.9 Å². The number of rotatable bonds is 39. The number of hydrogen-bond acceptors (Lipinski definition) is 8. The van der Waals surface area contributed by atoms with Crippen molar-refractivity contribution in [3.05, 3.63) is 24.3 Å². The molecule has 3 unspecified atom stereocenters. The van der Waals surface area contributed by atoms with Gasteiger partial charge in [0.15, 0.2) is 0 Å². The van der Waals surface area contributed by atoms with E-state index in [4.69, 9.17) is 23.6 Å². The molecule has 0 rings (SSSR count). The third-order valence-electron chi connectivity index (χ3n) is 8.64. The van der Waals surface area contributed by atoms with Crippen molar-refractivity contribution in [2.45, 2.75) is 193 Å². The van der Waals surface area contributed by atoms with E-state index in [0.717, 1.165) is 51.4 Å². The number of hydrogen-bond donors (Lipinski definition) is 3. The van der Waals surface area contributed by atoms with Gasteiger partial charge in [-0.2, -0.15) is 0 Å². The summed E-state index contributed by atoms with van der Waals surface area (Å²) in [6.45, 7) is 3.47. The van der Waals surface area contributed by atoms with E-state index in [-0.39, 0.29) is 25.6 Å². The van der Waals surface area contributed by atoms with E-state index in [0.29, 0.717) is 6.61 Å². The van der Waals surface area contributed by atoms with Crippen LogP contribution < -0.4 is 0 Å². The number of esters is 1. The van der Waals surface area contributed by atoms with Crippen LogP contribution in [0.25, 0.3) is 0 Å². The van der Waals surface area contributed by atoms with Gasteiger partial charge in [-0.3, -0.25) is 13.8 Å². The van der Waals surface area contributed by atoms with Crippen LogP contribution in [-0.4, -0.2) is 66.3 Å². The highest BCUT2D eigenvalue weighted by atomic mass is 31.2. The molecule has 0 aromatic heterocycles. The zero-order chi connectivity index (χ0) is 36.8. The summed E-state index contributed by atoms with van der Waals surface area (Å²) in [5.41, 5.74) is 0. The van der Waals surface area contributed by atoms with Crippen LogP contribution in [0, 0.1) is 0 Å². The molecule has 0 spiro atoms. The van der Waals surface area contributed by atoms with Crippen LogP contribution in [0.1, 0.15) is 181 Å². The van der Waals surface area contributed by atoms with Crippen LogP contribution >= 0.6 is 7.82 Å². The number of unbranched alkanes of at least 4 members (excludes halogenated alkanes) is 21. The van der Waals surface area contributed by atoms with Crippen LogP contribution in [0.5, 0.6) is 0 Å². The molecule has 0 aromatic rings. The van der Waals surface area contributed by atoms with E-state index in [9.17, 15) is 19.4 Å². The first-order valence-electron chi connectivity index (χ1n) is 20.3. The van der Waals surface area contributed by atoms with Gasteiger partial charge in [-0.05, 0) is 38.5 Å². The molecule has 3 N–H and O–H groups in total. The monoisotopic (exact) mass is 733 g/mol. The summed E-state index contributed by atoms with van der Waals surface area (Å²) >= 11 is 0. The quantitative estimate of drug-likeness (QED) is 0.0244. The Hall–Kier alpha value is -1.06. The van der Waals surface area contributed by atoms with E-state index in [1.807, 2.05) is 0 Å². The Morgan fingerprint density at radius 2 is 1.10 bits per heavy atom. The van der Waals surface area contributed by atoms with Crippen molar-refractivity contribution >= 4 is 13.8 Å². The molecule has 0 saturated heterocycles. The molecule has 0 heterocycles. The summed E-state index contributed by atoms with van der Waals surface area (Å²) in [5.74, 6) is -0.385. The lowest BCUT2D eigenvalue weighted by Crippen LogP contribution is -2.29. The van der Waals surface area contributed by atoms with Crippen LogP contribution in [0.3, 0.4) is 0 Å². The third kappa shape index (κ3) is 36.7. The lowest BCUT2D eigenvalue weighted by atomic mass is 10.0. The number of ether oxygens (including phenoxy) is 2. The van der Waals surface area contributed by atoms with Crippen molar-refractivity contribution in [3.8, 4) is 0 Å². The third-order valence-corrected chi connectivity index (χ3v) is 9.59. The summed E-state index contributed by atoms with van der Waals surface area (Å²) in [6, 6.07) is 0. The van der Waals surface area contributed by atoms with Gasteiger partial charge < -0.3 is 24.6 Å². The topological polar surface area (TPSA) is 132 Å². The number of carbonyl (C=O) groups excluding carboxylic acids is 1. The second kappa shape index (κ2) is 37.7. The van der Waals surface area contributed by atoms with Crippen molar-refractivity contribution in [3.63, 3.8) is 0 Å².